The van der Waals surface area contributed by atoms with Crippen LogP contribution in [0.25, 0.3) is 11.2 Å². The quantitative estimate of drug-likeness (QED) is 0.395. The molecule has 1 aliphatic rings. The van der Waals surface area contributed by atoms with Crippen LogP contribution in [0.15, 0.2) is 43.0 Å². The lowest BCUT2D eigenvalue weighted by Gasteiger charge is -2.19. The maximum Gasteiger partial charge on any atom is 0.338 e. The Morgan fingerprint density at radius 1 is 1.21 bits per heavy atom. The number of rotatable bonds is 5. The highest BCUT2D eigenvalue weighted by Crippen LogP contribution is 2.33. The van der Waals surface area contributed by atoms with Crippen LogP contribution in [0, 0.1) is 0 Å². The van der Waals surface area contributed by atoms with Crippen molar-refractivity contribution in [1.29, 1.82) is 0 Å². The lowest BCUT2D eigenvalue weighted by Crippen LogP contribution is -2.43. The Hall–Kier alpha value is -3.12. The number of esters is 1. The SMILES string of the molecule is Nc1ncnc2c1ncn2[C@@H]1O[C@H](C(O)C(=O)OCc2ccccc2)C(O)C1O. The summed E-state index contributed by atoms with van der Waals surface area (Å²) in [4.78, 5) is 24.2. The normalized spacial score (nSPS) is 25.2. The zero-order valence-corrected chi connectivity index (χ0v) is 15.1. The highest BCUT2D eigenvalue weighted by atomic mass is 16.6. The van der Waals surface area contributed by atoms with Crippen LogP contribution >= 0.6 is 0 Å². The summed E-state index contributed by atoms with van der Waals surface area (Å²) in [6.45, 7) is -0.0477. The van der Waals surface area contributed by atoms with Gasteiger partial charge in [0.1, 0.15) is 36.8 Å². The van der Waals surface area contributed by atoms with Gasteiger partial charge in [-0.1, -0.05) is 30.3 Å². The van der Waals surface area contributed by atoms with Crippen LogP contribution in [-0.4, -0.2) is 65.2 Å². The Kier molecular flexibility index (Phi) is 5.11. The van der Waals surface area contributed by atoms with Crippen LogP contribution in [0.2, 0.25) is 0 Å². The van der Waals surface area contributed by atoms with Crippen molar-refractivity contribution in [2.45, 2.75) is 37.3 Å². The molecular weight excluding hydrogens is 382 g/mol. The number of fused-ring (bicyclic) bond motifs is 1. The van der Waals surface area contributed by atoms with Crippen LogP contribution in [0.5, 0.6) is 0 Å². The predicted octanol–water partition coefficient (Wildman–Crippen LogP) is -0.868. The highest BCUT2D eigenvalue weighted by molar-refractivity contribution is 5.81. The van der Waals surface area contributed by atoms with Crippen LogP contribution in [-0.2, 0) is 20.9 Å². The topological polar surface area (TPSA) is 166 Å². The zero-order chi connectivity index (χ0) is 20.5. The number of aliphatic hydroxyl groups is 3. The van der Waals surface area contributed by atoms with Crippen molar-refractivity contribution in [2.75, 3.05) is 5.73 Å². The smallest absolute Gasteiger partial charge is 0.338 e. The fourth-order valence-corrected chi connectivity index (χ4v) is 3.18. The second kappa shape index (κ2) is 7.72. The standard InChI is InChI=1S/C18H19N5O6/c19-15-10-16(21-7-20-15)23(8-22-10)17-12(25)11(24)14(29-17)13(26)18(27)28-6-9-4-2-1-3-5-9/h1-5,7-8,11-14,17,24-26H,6H2,(H2,19,20,21)/t11?,12?,13?,14-,17+/m0/s1. The minimum Gasteiger partial charge on any atom is -0.459 e. The molecule has 0 spiro atoms. The number of nitrogens with zero attached hydrogens (tertiary/aromatic N) is 4. The van der Waals surface area contributed by atoms with Gasteiger partial charge in [-0.25, -0.2) is 19.7 Å². The zero-order valence-electron chi connectivity index (χ0n) is 15.1. The van der Waals surface area contributed by atoms with Gasteiger partial charge >= 0.3 is 5.97 Å². The van der Waals surface area contributed by atoms with Crippen LogP contribution in [0.4, 0.5) is 5.82 Å². The first-order chi connectivity index (χ1) is 14.0. The lowest BCUT2D eigenvalue weighted by atomic mass is 10.1. The van der Waals surface area contributed by atoms with Gasteiger partial charge in [0, 0.05) is 0 Å². The fourth-order valence-electron chi connectivity index (χ4n) is 3.18. The minimum atomic E-state index is -1.80. The first-order valence-electron chi connectivity index (χ1n) is 8.80. The molecule has 5 N–H and O–H groups in total. The number of carbonyl (C=O) groups is 1. The fraction of sp³-hybridized carbons (Fsp3) is 0.333. The Balaban J connectivity index is 1.49. The molecule has 4 rings (SSSR count). The van der Waals surface area contributed by atoms with Gasteiger partial charge in [0.15, 0.2) is 23.8 Å². The molecule has 2 aromatic heterocycles. The van der Waals surface area contributed by atoms with Crippen LogP contribution in [0.3, 0.4) is 0 Å². The maximum absolute atomic E-state index is 12.2. The van der Waals surface area contributed by atoms with E-state index in [0.717, 1.165) is 5.56 Å². The van der Waals surface area contributed by atoms with Gasteiger partial charge in [0.05, 0.1) is 6.33 Å². The number of aromatic nitrogens is 4. The van der Waals surface area contributed by atoms with Crippen molar-refractivity contribution in [3.63, 3.8) is 0 Å². The molecule has 0 saturated carbocycles. The molecule has 0 radical (unpaired) electrons. The van der Waals surface area contributed by atoms with Gasteiger partial charge < -0.3 is 30.5 Å². The molecule has 1 aromatic carbocycles. The number of nitrogen functional groups attached to an aromatic ring is 1. The summed E-state index contributed by atoms with van der Waals surface area (Å²) in [5, 5.41) is 31.0. The number of ether oxygens (including phenoxy) is 2. The van der Waals surface area contributed by atoms with Crippen LogP contribution < -0.4 is 5.73 Å². The summed E-state index contributed by atoms with van der Waals surface area (Å²) in [6, 6.07) is 8.92. The molecule has 3 unspecified atom stereocenters. The van der Waals surface area contributed by atoms with Crippen molar-refractivity contribution in [2.24, 2.45) is 0 Å². The Morgan fingerprint density at radius 3 is 2.72 bits per heavy atom. The molecular formula is C18H19N5O6. The molecule has 0 aliphatic carbocycles. The second-order valence-electron chi connectivity index (χ2n) is 6.59. The van der Waals surface area contributed by atoms with E-state index in [-0.39, 0.29) is 18.1 Å². The molecule has 0 amide bonds. The first-order valence-corrected chi connectivity index (χ1v) is 8.80. The van der Waals surface area contributed by atoms with Crippen molar-refractivity contribution < 1.29 is 29.6 Å². The van der Waals surface area contributed by atoms with E-state index in [0.29, 0.717) is 5.52 Å². The summed E-state index contributed by atoms with van der Waals surface area (Å²) in [7, 11) is 0. The van der Waals surface area contributed by atoms with E-state index in [9.17, 15) is 20.1 Å². The van der Waals surface area contributed by atoms with Gasteiger partial charge in [-0.15, -0.1) is 0 Å². The number of aliphatic hydroxyl groups excluding tert-OH is 3. The molecule has 1 aliphatic heterocycles. The van der Waals surface area contributed by atoms with E-state index in [1.165, 1.54) is 17.2 Å². The molecule has 29 heavy (non-hydrogen) atoms. The van der Waals surface area contributed by atoms with E-state index in [1.807, 2.05) is 6.07 Å². The van der Waals surface area contributed by atoms with E-state index >= 15 is 0 Å². The molecule has 11 heteroatoms. The van der Waals surface area contributed by atoms with Crippen molar-refractivity contribution in [1.82, 2.24) is 19.5 Å². The highest BCUT2D eigenvalue weighted by Gasteiger charge is 2.49. The molecule has 1 saturated heterocycles. The summed E-state index contributed by atoms with van der Waals surface area (Å²) in [6.07, 6.45) is -4.82. The molecule has 11 nitrogen and oxygen atoms in total. The Labute approximate surface area is 164 Å². The molecule has 0 bridgehead atoms. The van der Waals surface area contributed by atoms with Gasteiger partial charge in [-0.2, -0.15) is 0 Å². The largest absolute Gasteiger partial charge is 0.459 e. The molecule has 3 aromatic rings. The van der Waals surface area contributed by atoms with Crippen molar-refractivity contribution in [3.8, 4) is 0 Å². The summed E-state index contributed by atoms with van der Waals surface area (Å²) >= 11 is 0. The molecule has 1 fully saturated rings. The van der Waals surface area contributed by atoms with Gasteiger partial charge in [-0.3, -0.25) is 4.57 Å². The number of hydrogen-bond donors (Lipinski definition) is 4. The van der Waals surface area contributed by atoms with Gasteiger partial charge in [0.25, 0.3) is 0 Å². The third-order valence-corrected chi connectivity index (χ3v) is 4.71. The lowest BCUT2D eigenvalue weighted by molar-refractivity contribution is -0.168. The average molecular weight is 401 g/mol. The van der Waals surface area contributed by atoms with E-state index < -0.39 is 36.6 Å². The second-order valence-corrected chi connectivity index (χ2v) is 6.59. The van der Waals surface area contributed by atoms with Crippen molar-refractivity contribution >= 4 is 23.0 Å². The number of benzene rings is 1. The molecule has 152 valence electrons. The number of nitrogens with two attached hydrogens (primary N) is 1. The number of hydrogen-bond acceptors (Lipinski definition) is 10. The molecule has 3 heterocycles. The van der Waals surface area contributed by atoms with Crippen LogP contribution in [0.1, 0.15) is 11.8 Å². The Morgan fingerprint density at radius 2 is 1.97 bits per heavy atom. The number of carbonyl (C=O) groups excluding carboxylic acids is 1. The monoisotopic (exact) mass is 401 g/mol. The summed E-state index contributed by atoms with van der Waals surface area (Å²) in [5.74, 6) is -0.837. The van der Waals surface area contributed by atoms with E-state index in [1.54, 1.807) is 24.3 Å². The average Bonchev–Trinajstić information content (AvgIpc) is 3.29. The first kappa shape index (κ1) is 19.2. The Bertz CT molecular complexity index is 1010. The van der Waals surface area contributed by atoms with Gasteiger partial charge in [0.2, 0.25) is 0 Å². The van der Waals surface area contributed by atoms with Crippen molar-refractivity contribution in [3.05, 3.63) is 48.5 Å². The van der Waals surface area contributed by atoms with E-state index in [4.69, 9.17) is 15.2 Å². The number of anilines is 1. The predicted molar refractivity (Wildman–Crippen MR) is 97.9 cm³/mol. The maximum atomic E-state index is 12.2. The third-order valence-electron chi connectivity index (χ3n) is 4.71. The number of imidazole rings is 1. The van der Waals surface area contributed by atoms with Gasteiger partial charge in [-0.05, 0) is 5.56 Å². The minimum absolute atomic E-state index is 0.0477. The molecule has 5 atom stereocenters. The third kappa shape index (κ3) is 3.51. The summed E-state index contributed by atoms with van der Waals surface area (Å²) in [5.41, 5.74) is 7.05. The summed E-state index contributed by atoms with van der Waals surface area (Å²) < 4.78 is 12.0. The van der Waals surface area contributed by atoms with E-state index in [2.05, 4.69) is 15.0 Å².